The third kappa shape index (κ3) is 2.25. The second kappa shape index (κ2) is 5.00. The van der Waals surface area contributed by atoms with E-state index in [1.54, 1.807) is 43.3 Å². The monoisotopic (exact) mass is 244 g/mol. The number of rotatable bonds is 2. The van der Waals surface area contributed by atoms with Gasteiger partial charge in [-0.2, -0.15) is 0 Å². The molecule has 0 aromatic heterocycles. The number of carbonyl (C=O) groups is 1. The lowest BCUT2D eigenvalue weighted by molar-refractivity contribution is 0.0601. The van der Waals surface area contributed by atoms with Gasteiger partial charge >= 0.3 is 5.97 Å². The zero-order valence-electron chi connectivity index (χ0n) is 10.2. The normalized spacial score (nSPS) is 10.2. The third-order valence-electron chi connectivity index (χ3n) is 2.82. The molecule has 92 valence electrons. The van der Waals surface area contributed by atoms with E-state index in [2.05, 4.69) is 0 Å². The Morgan fingerprint density at radius 3 is 2.56 bits per heavy atom. The van der Waals surface area contributed by atoms with Crippen molar-refractivity contribution in [2.75, 3.05) is 7.11 Å². The summed E-state index contributed by atoms with van der Waals surface area (Å²) in [5.74, 6) is -0.709. The minimum absolute atomic E-state index is 0.285. The van der Waals surface area contributed by atoms with E-state index in [0.717, 1.165) is 0 Å². The van der Waals surface area contributed by atoms with E-state index in [1.807, 2.05) is 0 Å². The van der Waals surface area contributed by atoms with Gasteiger partial charge in [-0.05, 0) is 35.7 Å². The van der Waals surface area contributed by atoms with Crippen LogP contribution in [0.3, 0.4) is 0 Å². The molecule has 0 bridgehead atoms. The van der Waals surface area contributed by atoms with Gasteiger partial charge in [0.25, 0.3) is 0 Å². The molecule has 0 spiro atoms. The molecule has 3 heteroatoms. The topological polar surface area (TPSA) is 26.3 Å². The van der Waals surface area contributed by atoms with Crippen LogP contribution in [0.4, 0.5) is 4.39 Å². The number of methoxy groups -OCH3 is 1. The summed E-state index contributed by atoms with van der Waals surface area (Å²) in [4.78, 5) is 11.6. The van der Waals surface area contributed by atoms with Crippen LogP contribution in [0, 0.1) is 12.7 Å². The first kappa shape index (κ1) is 12.3. The van der Waals surface area contributed by atoms with Gasteiger partial charge < -0.3 is 4.74 Å². The first-order valence-corrected chi connectivity index (χ1v) is 5.57. The highest BCUT2D eigenvalue weighted by Gasteiger charge is 2.13. The number of ether oxygens (including phenoxy) is 1. The average Bonchev–Trinajstić information content (AvgIpc) is 2.41. The molecule has 0 aliphatic carbocycles. The Bertz CT molecular complexity index is 591. The van der Waals surface area contributed by atoms with Crippen molar-refractivity contribution < 1.29 is 13.9 Å². The van der Waals surface area contributed by atoms with E-state index in [-0.39, 0.29) is 5.82 Å². The fourth-order valence-corrected chi connectivity index (χ4v) is 1.78. The van der Waals surface area contributed by atoms with Crippen molar-refractivity contribution >= 4 is 5.97 Å². The zero-order chi connectivity index (χ0) is 13.1. The van der Waals surface area contributed by atoms with Gasteiger partial charge in [0.05, 0.1) is 12.7 Å². The number of halogens is 1. The summed E-state index contributed by atoms with van der Waals surface area (Å²) < 4.78 is 18.3. The molecule has 0 saturated heterocycles. The minimum atomic E-state index is -0.424. The minimum Gasteiger partial charge on any atom is -0.465 e. The summed E-state index contributed by atoms with van der Waals surface area (Å²) >= 11 is 0. The quantitative estimate of drug-likeness (QED) is 0.755. The molecule has 0 heterocycles. The molecule has 0 saturated carbocycles. The Morgan fingerprint density at radius 1 is 1.17 bits per heavy atom. The molecular weight excluding hydrogens is 231 g/mol. The van der Waals surface area contributed by atoms with E-state index in [0.29, 0.717) is 22.3 Å². The molecule has 0 aliphatic heterocycles. The predicted octanol–water partition coefficient (Wildman–Crippen LogP) is 3.59. The van der Waals surface area contributed by atoms with Gasteiger partial charge in [0.1, 0.15) is 5.82 Å². The highest BCUT2D eigenvalue weighted by molar-refractivity contribution is 5.97. The van der Waals surface area contributed by atoms with Gasteiger partial charge in [-0.25, -0.2) is 9.18 Å². The van der Waals surface area contributed by atoms with Crippen LogP contribution < -0.4 is 0 Å². The molecule has 0 radical (unpaired) electrons. The highest BCUT2D eigenvalue weighted by atomic mass is 19.1. The van der Waals surface area contributed by atoms with Crippen molar-refractivity contribution in [3.05, 3.63) is 59.4 Å². The molecule has 2 rings (SSSR count). The van der Waals surface area contributed by atoms with Crippen molar-refractivity contribution in [3.63, 3.8) is 0 Å². The summed E-state index contributed by atoms with van der Waals surface area (Å²) in [6, 6.07) is 11.9. The summed E-state index contributed by atoms with van der Waals surface area (Å²) in [5.41, 5.74) is 2.35. The van der Waals surface area contributed by atoms with Gasteiger partial charge in [0.15, 0.2) is 0 Å². The standard InChI is InChI=1S/C15H13FO2/c1-10-7-8-11(9-14(10)16)12-5-3-4-6-13(12)15(17)18-2/h3-9H,1-2H3. The van der Waals surface area contributed by atoms with Crippen LogP contribution in [0.2, 0.25) is 0 Å². The van der Waals surface area contributed by atoms with Gasteiger partial charge in [-0.3, -0.25) is 0 Å². The van der Waals surface area contributed by atoms with Gasteiger partial charge in [0.2, 0.25) is 0 Å². The number of hydrogen-bond acceptors (Lipinski definition) is 2. The van der Waals surface area contributed by atoms with Gasteiger partial charge in [0, 0.05) is 0 Å². The molecule has 2 aromatic carbocycles. The SMILES string of the molecule is COC(=O)c1ccccc1-c1ccc(C)c(F)c1. The maximum absolute atomic E-state index is 13.6. The van der Waals surface area contributed by atoms with Gasteiger partial charge in [-0.1, -0.05) is 30.3 Å². The lowest BCUT2D eigenvalue weighted by atomic mass is 9.98. The van der Waals surface area contributed by atoms with Crippen LogP contribution in [0.15, 0.2) is 42.5 Å². The lowest BCUT2D eigenvalue weighted by Gasteiger charge is -2.08. The third-order valence-corrected chi connectivity index (χ3v) is 2.82. The first-order valence-electron chi connectivity index (χ1n) is 5.57. The van der Waals surface area contributed by atoms with Crippen LogP contribution in [0.5, 0.6) is 0 Å². The highest BCUT2D eigenvalue weighted by Crippen LogP contribution is 2.25. The Hall–Kier alpha value is -2.16. The molecule has 2 aromatic rings. The number of benzene rings is 2. The van der Waals surface area contributed by atoms with Gasteiger partial charge in [-0.15, -0.1) is 0 Å². The molecule has 18 heavy (non-hydrogen) atoms. The van der Waals surface area contributed by atoms with E-state index in [9.17, 15) is 9.18 Å². The summed E-state index contributed by atoms with van der Waals surface area (Å²) in [6.45, 7) is 1.70. The van der Waals surface area contributed by atoms with Crippen molar-refractivity contribution in [1.82, 2.24) is 0 Å². The molecule has 0 aliphatic rings. The number of aryl methyl sites for hydroxylation is 1. The summed E-state index contributed by atoms with van der Waals surface area (Å²) in [6.07, 6.45) is 0. The number of hydrogen-bond donors (Lipinski definition) is 0. The van der Waals surface area contributed by atoms with E-state index >= 15 is 0 Å². The van der Waals surface area contributed by atoms with Crippen molar-refractivity contribution in [2.45, 2.75) is 6.92 Å². The maximum atomic E-state index is 13.6. The molecule has 0 fully saturated rings. The number of esters is 1. The number of carbonyl (C=O) groups excluding carboxylic acids is 1. The molecule has 0 atom stereocenters. The van der Waals surface area contributed by atoms with Crippen molar-refractivity contribution in [3.8, 4) is 11.1 Å². The largest absolute Gasteiger partial charge is 0.465 e. The fraction of sp³-hybridized carbons (Fsp3) is 0.133. The van der Waals surface area contributed by atoms with Crippen LogP contribution in [0.1, 0.15) is 15.9 Å². The van der Waals surface area contributed by atoms with Crippen LogP contribution >= 0.6 is 0 Å². The maximum Gasteiger partial charge on any atom is 0.338 e. The summed E-state index contributed by atoms with van der Waals surface area (Å²) in [5, 5.41) is 0. The Kier molecular flexibility index (Phi) is 3.42. The summed E-state index contributed by atoms with van der Waals surface area (Å²) in [7, 11) is 1.33. The molecule has 0 amide bonds. The van der Waals surface area contributed by atoms with Crippen LogP contribution in [-0.4, -0.2) is 13.1 Å². The molecule has 0 N–H and O–H groups in total. The zero-order valence-corrected chi connectivity index (χ0v) is 10.2. The smallest absolute Gasteiger partial charge is 0.338 e. The van der Waals surface area contributed by atoms with Crippen LogP contribution in [-0.2, 0) is 4.74 Å². The molecule has 0 unspecified atom stereocenters. The predicted molar refractivity (Wildman–Crippen MR) is 67.9 cm³/mol. The fourth-order valence-electron chi connectivity index (χ4n) is 1.78. The van der Waals surface area contributed by atoms with Crippen molar-refractivity contribution in [2.24, 2.45) is 0 Å². The Labute approximate surface area is 105 Å². The lowest BCUT2D eigenvalue weighted by Crippen LogP contribution is -2.03. The average molecular weight is 244 g/mol. The second-order valence-electron chi connectivity index (χ2n) is 4.00. The van der Waals surface area contributed by atoms with E-state index in [4.69, 9.17) is 4.74 Å². The van der Waals surface area contributed by atoms with Crippen molar-refractivity contribution in [1.29, 1.82) is 0 Å². The van der Waals surface area contributed by atoms with Crippen LogP contribution in [0.25, 0.3) is 11.1 Å². The second-order valence-corrected chi connectivity index (χ2v) is 4.00. The Balaban J connectivity index is 2.56. The Morgan fingerprint density at radius 2 is 1.89 bits per heavy atom. The van der Waals surface area contributed by atoms with E-state index in [1.165, 1.54) is 13.2 Å². The van der Waals surface area contributed by atoms with E-state index < -0.39 is 5.97 Å². The first-order chi connectivity index (χ1) is 8.63. The molecule has 2 nitrogen and oxygen atoms in total. The molecular formula is C15H13FO2.